The van der Waals surface area contributed by atoms with Crippen molar-refractivity contribution in [1.82, 2.24) is 24.6 Å². The highest BCUT2D eigenvalue weighted by molar-refractivity contribution is 5.92. The third kappa shape index (κ3) is 3.11. The molecule has 4 aromatic rings. The lowest BCUT2D eigenvalue weighted by Crippen LogP contribution is -2.51. The van der Waals surface area contributed by atoms with Gasteiger partial charge in [-0.3, -0.25) is 4.79 Å². The predicted octanol–water partition coefficient (Wildman–Crippen LogP) is 3.58. The van der Waals surface area contributed by atoms with E-state index in [1.807, 2.05) is 0 Å². The maximum absolute atomic E-state index is 13.9. The first kappa shape index (κ1) is 19.7. The molecule has 0 saturated heterocycles. The normalized spacial score (nSPS) is 24.2. The van der Waals surface area contributed by atoms with E-state index >= 15 is 0 Å². The van der Waals surface area contributed by atoms with Crippen LogP contribution < -0.4 is 5.32 Å². The first-order valence-electron chi connectivity index (χ1n) is 10.9. The van der Waals surface area contributed by atoms with E-state index in [-0.39, 0.29) is 17.9 Å². The van der Waals surface area contributed by atoms with Gasteiger partial charge in [-0.1, -0.05) is 0 Å². The summed E-state index contributed by atoms with van der Waals surface area (Å²) in [6.45, 7) is 0. The third-order valence-electron chi connectivity index (χ3n) is 7.14. The summed E-state index contributed by atoms with van der Waals surface area (Å²) in [7, 11) is 0. The van der Waals surface area contributed by atoms with E-state index in [4.69, 9.17) is 4.98 Å². The zero-order valence-electron chi connectivity index (χ0n) is 17.5. The van der Waals surface area contributed by atoms with E-state index in [0.717, 1.165) is 31.9 Å². The lowest BCUT2D eigenvalue weighted by Gasteiger charge is -2.47. The fraction of sp³-hybridized carbons (Fsp3) is 0.348. The molecule has 0 radical (unpaired) electrons. The molecule has 2 atom stereocenters. The van der Waals surface area contributed by atoms with Crippen LogP contribution in [0.15, 0.2) is 30.7 Å². The number of aromatic amines is 1. The van der Waals surface area contributed by atoms with Crippen molar-refractivity contribution in [2.75, 3.05) is 5.32 Å². The molecule has 3 N–H and O–H groups in total. The van der Waals surface area contributed by atoms with Crippen molar-refractivity contribution in [2.45, 2.75) is 31.7 Å². The van der Waals surface area contributed by atoms with E-state index in [1.54, 1.807) is 23.0 Å². The van der Waals surface area contributed by atoms with Crippen molar-refractivity contribution in [3.05, 3.63) is 42.1 Å². The number of anilines is 1. The number of pyridine rings is 1. The number of nitrogens with one attached hydrogen (secondary N) is 2. The Morgan fingerprint density at radius 3 is 2.82 bits per heavy atom. The van der Waals surface area contributed by atoms with Gasteiger partial charge in [-0.05, 0) is 49.7 Å². The Bertz CT molecular complexity index is 1440. The van der Waals surface area contributed by atoms with Crippen molar-refractivity contribution in [3.8, 4) is 17.5 Å². The molecule has 4 aromatic heterocycles. The van der Waals surface area contributed by atoms with Crippen LogP contribution in [0.3, 0.4) is 0 Å². The van der Waals surface area contributed by atoms with Crippen LogP contribution in [-0.2, 0) is 4.79 Å². The molecule has 0 spiro atoms. The summed E-state index contributed by atoms with van der Waals surface area (Å²) in [5.74, 6) is -0.595. The fourth-order valence-corrected chi connectivity index (χ4v) is 5.61. The first-order valence-corrected chi connectivity index (χ1v) is 10.9. The molecule has 0 aromatic carbocycles. The van der Waals surface area contributed by atoms with Crippen LogP contribution in [0.1, 0.15) is 31.2 Å². The molecule has 10 heteroatoms. The van der Waals surface area contributed by atoms with Crippen molar-refractivity contribution in [3.63, 3.8) is 0 Å². The van der Waals surface area contributed by atoms with E-state index in [9.17, 15) is 19.6 Å². The Morgan fingerprint density at radius 2 is 2.06 bits per heavy atom. The van der Waals surface area contributed by atoms with E-state index in [1.165, 1.54) is 6.07 Å². The molecule has 33 heavy (non-hydrogen) atoms. The van der Waals surface area contributed by atoms with Crippen molar-refractivity contribution < 1.29 is 14.3 Å². The minimum atomic E-state index is -0.793. The number of hydrogen-bond donors (Lipinski definition) is 3. The average molecular weight is 445 g/mol. The second-order valence-corrected chi connectivity index (χ2v) is 8.92. The highest BCUT2D eigenvalue weighted by Crippen LogP contribution is 2.46. The number of carbonyl (C=O) groups is 1. The zero-order chi connectivity index (χ0) is 22.7. The summed E-state index contributed by atoms with van der Waals surface area (Å²) < 4.78 is 15.4. The highest BCUT2D eigenvalue weighted by Gasteiger charge is 2.47. The van der Waals surface area contributed by atoms with Gasteiger partial charge in [0.15, 0.2) is 11.6 Å². The van der Waals surface area contributed by atoms with Crippen LogP contribution in [-0.4, -0.2) is 41.7 Å². The monoisotopic (exact) mass is 445 g/mol. The Kier molecular flexibility index (Phi) is 4.33. The summed E-state index contributed by atoms with van der Waals surface area (Å²) >= 11 is 0. The molecule has 4 heterocycles. The smallest absolute Gasteiger partial charge is 0.308 e. The van der Waals surface area contributed by atoms with Gasteiger partial charge in [0.25, 0.3) is 0 Å². The number of nitriles is 1. The van der Waals surface area contributed by atoms with Gasteiger partial charge in [-0.2, -0.15) is 5.26 Å². The van der Waals surface area contributed by atoms with Gasteiger partial charge in [-0.15, -0.1) is 5.10 Å². The predicted molar refractivity (Wildman–Crippen MR) is 117 cm³/mol. The summed E-state index contributed by atoms with van der Waals surface area (Å²) in [5, 5.41) is 27.9. The van der Waals surface area contributed by atoms with Gasteiger partial charge in [0, 0.05) is 29.4 Å². The molecule has 0 amide bonds. The minimum absolute atomic E-state index is 0.145. The topological polar surface area (TPSA) is 132 Å². The van der Waals surface area contributed by atoms with Gasteiger partial charge < -0.3 is 15.4 Å². The van der Waals surface area contributed by atoms with Gasteiger partial charge in [0.05, 0.1) is 17.7 Å². The third-order valence-corrected chi connectivity index (χ3v) is 7.14. The van der Waals surface area contributed by atoms with Crippen molar-refractivity contribution >= 4 is 28.3 Å². The average Bonchev–Trinajstić information content (AvgIpc) is 3.43. The van der Waals surface area contributed by atoms with E-state index < -0.39 is 17.7 Å². The fourth-order valence-electron chi connectivity index (χ4n) is 5.61. The number of carboxylic acid groups (broad SMARTS) is 1. The molecule has 3 fully saturated rings. The molecule has 3 saturated carbocycles. The molecule has 3 aliphatic carbocycles. The summed E-state index contributed by atoms with van der Waals surface area (Å²) in [6.07, 6.45) is 8.23. The second-order valence-electron chi connectivity index (χ2n) is 8.92. The maximum Gasteiger partial charge on any atom is 0.308 e. The molecule has 7 rings (SSSR count). The lowest BCUT2D eigenvalue weighted by molar-refractivity contribution is -0.148. The quantitative estimate of drug-likeness (QED) is 0.437. The lowest BCUT2D eigenvalue weighted by atomic mass is 9.61. The summed E-state index contributed by atoms with van der Waals surface area (Å²) in [4.78, 5) is 23.9. The van der Waals surface area contributed by atoms with Crippen molar-refractivity contribution in [2.24, 2.45) is 17.8 Å². The van der Waals surface area contributed by atoms with Gasteiger partial charge >= 0.3 is 5.97 Å². The van der Waals surface area contributed by atoms with Crippen LogP contribution in [0.25, 0.3) is 27.9 Å². The van der Waals surface area contributed by atoms with Gasteiger partial charge in [0.1, 0.15) is 23.1 Å². The number of fused-ring (bicyclic) bond motifs is 5. The van der Waals surface area contributed by atoms with Gasteiger partial charge in [0.2, 0.25) is 0 Å². The maximum atomic E-state index is 13.9. The Hall–Kier alpha value is -4.00. The molecule has 2 unspecified atom stereocenters. The van der Waals surface area contributed by atoms with Gasteiger partial charge in [-0.25, -0.2) is 18.9 Å². The molecule has 9 nitrogen and oxygen atoms in total. The van der Waals surface area contributed by atoms with Crippen LogP contribution in [0, 0.1) is 34.9 Å². The molecule has 0 aliphatic heterocycles. The molecule has 166 valence electrons. The Labute approximate surface area is 187 Å². The Balaban J connectivity index is 1.50. The molecule has 3 aliphatic rings. The number of aliphatic carboxylic acids is 1. The Morgan fingerprint density at radius 1 is 1.27 bits per heavy atom. The highest BCUT2D eigenvalue weighted by atomic mass is 19.1. The largest absolute Gasteiger partial charge is 0.481 e. The number of nitrogens with zero attached hydrogens (tertiary/aromatic N) is 5. The minimum Gasteiger partial charge on any atom is -0.481 e. The number of aromatic nitrogens is 5. The second kappa shape index (κ2) is 7.27. The summed E-state index contributed by atoms with van der Waals surface area (Å²) in [6, 6.07) is 4.90. The SMILES string of the molecule is N#Cc1cc2c(NC3C4CCC(CC4)C3C(=O)O)nc(-c3c[nH]c4ncc(F)cc34)nn2c1. The molecule has 2 bridgehead atoms. The van der Waals surface area contributed by atoms with E-state index in [2.05, 4.69) is 26.5 Å². The number of halogens is 1. The van der Waals surface area contributed by atoms with Crippen LogP contribution >= 0.6 is 0 Å². The number of hydrogen-bond acceptors (Lipinski definition) is 6. The first-order chi connectivity index (χ1) is 16.0. The standard InChI is InChI=1S/C23H20FN7O2/c24-14-6-15-16(9-27-20(15)26-8-14)21-29-22(17-5-11(7-25)10-31(17)30-21)28-19-13-3-1-12(2-4-13)18(19)23(32)33/h5-6,8-10,12-13,18-19H,1-4H2,(H,26,27)(H,32,33)(H,28,29,30). The van der Waals surface area contributed by atoms with Crippen LogP contribution in [0.4, 0.5) is 10.2 Å². The van der Waals surface area contributed by atoms with Crippen LogP contribution in [0.2, 0.25) is 0 Å². The number of H-pyrrole nitrogens is 1. The van der Waals surface area contributed by atoms with Crippen molar-refractivity contribution in [1.29, 1.82) is 5.26 Å². The number of rotatable bonds is 4. The summed E-state index contributed by atoms with van der Waals surface area (Å²) in [5.41, 5.74) is 2.07. The zero-order valence-corrected chi connectivity index (χ0v) is 17.5. The molecular weight excluding hydrogens is 425 g/mol. The molecular formula is C23H20FN7O2. The van der Waals surface area contributed by atoms with Crippen LogP contribution in [0.5, 0.6) is 0 Å². The van der Waals surface area contributed by atoms with E-state index in [0.29, 0.717) is 39.3 Å². The number of carboxylic acids is 1.